The summed E-state index contributed by atoms with van der Waals surface area (Å²) < 4.78 is 43.8. The molecule has 0 aliphatic rings. The summed E-state index contributed by atoms with van der Waals surface area (Å²) in [5.41, 5.74) is 7.51. The summed E-state index contributed by atoms with van der Waals surface area (Å²) in [7, 11) is 0. The minimum absolute atomic E-state index is 0.325. The number of benzene rings is 2. The Kier molecular flexibility index (Phi) is 4.61. The normalized spacial score (nSPS) is 11.3. The van der Waals surface area contributed by atoms with Crippen LogP contribution < -0.4 is 10.5 Å². The number of nitrogen functional groups attached to an aromatic ring is 1. The predicted molar refractivity (Wildman–Crippen MR) is 89.9 cm³/mol. The number of pyridine rings is 1. The van der Waals surface area contributed by atoms with Gasteiger partial charge in [0.25, 0.3) is 0 Å². The molecule has 6 heteroatoms. The van der Waals surface area contributed by atoms with Crippen molar-refractivity contribution in [3.63, 3.8) is 0 Å². The molecule has 0 spiro atoms. The van der Waals surface area contributed by atoms with E-state index < -0.39 is 11.9 Å². The SMILES string of the molecule is Nc1ccc(-c2ccc(C(F)(F)F)nc2)c(OCc2ccccc2)c1. The second kappa shape index (κ2) is 6.84. The first-order valence-electron chi connectivity index (χ1n) is 7.53. The molecule has 0 unspecified atom stereocenters. The molecule has 0 saturated heterocycles. The van der Waals surface area contributed by atoms with Crippen LogP contribution in [0.3, 0.4) is 0 Å². The highest BCUT2D eigenvalue weighted by atomic mass is 19.4. The van der Waals surface area contributed by atoms with E-state index in [2.05, 4.69) is 4.98 Å². The minimum atomic E-state index is -4.47. The van der Waals surface area contributed by atoms with Gasteiger partial charge < -0.3 is 10.5 Å². The Morgan fingerprint density at radius 2 is 1.72 bits per heavy atom. The van der Waals surface area contributed by atoms with E-state index in [4.69, 9.17) is 10.5 Å². The zero-order chi connectivity index (χ0) is 17.9. The third-order valence-corrected chi connectivity index (χ3v) is 3.61. The van der Waals surface area contributed by atoms with E-state index in [1.54, 1.807) is 18.2 Å². The maximum atomic E-state index is 12.7. The van der Waals surface area contributed by atoms with Gasteiger partial charge in [-0.25, -0.2) is 0 Å². The fraction of sp³-hybridized carbons (Fsp3) is 0.105. The number of ether oxygens (including phenoxy) is 1. The van der Waals surface area contributed by atoms with Gasteiger partial charge in [0, 0.05) is 29.1 Å². The lowest BCUT2D eigenvalue weighted by Crippen LogP contribution is -2.07. The number of hydrogen-bond acceptors (Lipinski definition) is 3. The van der Waals surface area contributed by atoms with Crippen LogP contribution in [0.2, 0.25) is 0 Å². The molecule has 0 amide bonds. The number of alkyl halides is 3. The first-order chi connectivity index (χ1) is 11.9. The number of halogens is 3. The fourth-order valence-electron chi connectivity index (χ4n) is 2.35. The predicted octanol–water partition coefficient (Wildman–Crippen LogP) is 4.93. The number of nitrogens with two attached hydrogens (primary N) is 1. The van der Waals surface area contributed by atoms with Crippen molar-refractivity contribution in [2.75, 3.05) is 5.73 Å². The average molecular weight is 344 g/mol. The van der Waals surface area contributed by atoms with Crippen LogP contribution in [0.1, 0.15) is 11.3 Å². The van der Waals surface area contributed by atoms with Gasteiger partial charge in [0.1, 0.15) is 18.1 Å². The van der Waals surface area contributed by atoms with Crippen molar-refractivity contribution in [3.8, 4) is 16.9 Å². The van der Waals surface area contributed by atoms with E-state index >= 15 is 0 Å². The molecule has 25 heavy (non-hydrogen) atoms. The van der Waals surface area contributed by atoms with Crippen molar-refractivity contribution in [1.82, 2.24) is 4.98 Å². The summed E-state index contributed by atoms with van der Waals surface area (Å²) in [4.78, 5) is 3.50. The van der Waals surface area contributed by atoms with Gasteiger partial charge in [-0.05, 0) is 23.8 Å². The fourth-order valence-corrected chi connectivity index (χ4v) is 2.35. The Morgan fingerprint density at radius 3 is 2.36 bits per heavy atom. The molecule has 0 bridgehead atoms. The molecule has 128 valence electrons. The van der Waals surface area contributed by atoms with Crippen molar-refractivity contribution in [2.45, 2.75) is 12.8 Å². The van der Waals surface area contributed by atoms with E-state index in [-0.39, 0.29) is 0 Å². The van der Waals surface area contributed by atoms with Crippen LogP contribution in [0.25, 0.3) is 11.1 Å². The summed E-state index contributed by atoms with van der Waals surface area (Å²) in [6.45, 7) is 0.325. The monoisotopic (exact) mass is 344 g/mol. The molecule has 3 aromatic rings. The van der Waals surface area contributed by atoms with Crippen molar-refractivity contribution in [3.05, 3.63) is 78.1 Å². The summed E-state index contributed by atoms with van der Waals surface area (Å²) in [6.07, 6.45) is -3.28. The molecule has 0 radical (unpaired) electrons. The van der Waals surface area contributed by atoms with Gasteiger partial charge in [-0.15, -0.1) is 0 Å². The van der Waals surface area contributed by atoms with Crippen molar-refractivity contribution in [1.29, 1.82) is 0 Å². The maximum absolute atomic E-state index is 12.7. The lowest BCUT2D eigenvalue weighted by molar-refractivity contribution is -0.141. The first-order valence-corrected chi connectivity index (χ1v) is 7.53. The highest BCUT2D eigenvalue weighted by Gasteiger charge is 2.32. The van der Waals surface area contributed by atoms with Crippen LogP contribution in [-0.2, 0) is 12.8 Å². The standard InChI is InChI=1S/C19H15F3N2O/c20-19(21,22)18-9-6-14(11-24-18)16-8-7-15(23)10-17(16)25-12-13-4-2-1-3-5-13/h1-11H,12,23H2. The molecule has 0 aliphatic heterocycles. The topological polar surface area (TPSA) is 48.1 Å². The van der Waals surface area contributed by atoms with Gasteiger partial charge in [-0.1, -0.05) is 36.4 Å². The number of aromatic nitrogens is 1. The van der Waals surface area contributed by atoms with Gasteiger partial charge in [-0.2, -0.15) is 13.2 Å². The van der Waals surface area contributed by atoms with Crippen LogP contribution in [0.15, 0.2) is 66.9 Å². The Hall–Kier alpha value is -3.02. The first kappa shape index (κ1) is 16.8. The van der Waals surface area contributed by atoms with Gasteiger partial charge >= 0.3 is 6.18 Å². The molecule has 2 aromatic carbocycles. The third kappa shape index (κ3) is 4.09. The van der Waals surface area contributed by atoms with Crippen LogP contribution in [0.4, 0.5) is 18.9 Å². The molecule has 3 rings (SSSR count). The minimum Gasteiger partial charge on any atom is -0.488 e. The zero-order valence-electron chi connectivity index (χ0n) is 13.1. The average Bonchev–Trinajstić information content (AvgIpc) is 2.60. The van der Waals surface area contributed by atoms with Gasteiger partial charge in [0.2, 0.25) is 0 Å². The Bertz CT molecular complexity index is 847. The molecule has 0 atom stereocenters. The second-order valence-corrected chi connectivity index (χ2v) is 5.46. The molecule has 2 N–H and O–H groups in total. The van der Waals surface area contributed by atoms with E-state index in [9.17, 15) is 13.2 Å². The molecule has 3 nitrogen and oxygen atoms in total. The molecule has 1 aromatic heterocycles. The second-order valence-electron chi connectivity index (χ2n) is 5.46. The van der Waals surface area contributed by atoms with Crippen LogP contribution in [-0.4, -0.2) is 4.98 Å². The smallest absolute Gasteiger partial charge is 0.433 e. The van der Waals surface area contributed by atoms with E-state index in [0.29, 0.717) is 29.2 Å². The molecule has 0 saturated carbocycles. The van der Waals surface area contributed by atoms with E-state index in [0.717, 1.165) is 11.6 Å². The van der Waals surface area contributed by atoms with Crippen LogP contribution in [0.5, 0.6) is 5.75 Å². The van der Waals surface area contributed by atoms with Gasteiger partial charge in [-0.3, -0.25) is 4.98 Å². The van der Waals surface area contributed by atoms with Crippen LogP contribution in [0, 0.1) is 0 Å². The Labute approximate surface area is 142 Å². The number of anilines is 1. The zero-order valence-corrected chi connectivity index (χ0v) is 13.1. The molecule has 0 fully saturated rings. The summed E-state index contributed by atoms with van der Waals surface area (Å²) in [6, 6.07) is 16.9. The molecular weight excluding hydrogens is 329 g/mol. The van der Waals surface area contributed by atoms with Crippen LogP contribution >= 0.6 is 0 Å². The van der Waals surface area contributed by atoms with Crippen molar-refractivity contribution >= 4 is 5.69 Å². The van der Waals surface area contributed by atoms with Gasteiger partial charge in [0.05, 0.1) is 0 Å². The largest absolute Gasteiger partial charge is 0.488 e. The van der Waals surface area contributed by atoms with E-state index in [1.165, 1.54) is 12.3 Å². The van der Waals surface area contributed by atoms with E-state index in [1.807, 2.05) is 30.3 Å². The summed E-state index contributed by atoms with van der Waals surface area (Å²) in [5.74, 6) is 0.491. The van der Waals surface area contributed by atoms with Gasteiger partial charge in [0.15, 0.2) is 0 Å². The Balaban J connectivity index is 1.88. The highest BCUT2D eigenvalue weighted by molar-refractivity contribution is 5.72. The summed E-state index contributed by atoms with van der Waals surface area (Å²) >= 11 is 0. The summed E-state index contributed by atoms with van der Waals surface area (Å²) in [5, 5.41) is 0. The van der Waals surface area contributed by atoms with Crippen molar-refractivity contribution in [2.24, 2.45) is 0 Å². The Morgan fingerprint density at radius 1 is 0.960 bits per heavy atom. The molecule has 1 heterocycles. The lowest BCUT2D eigenvalue weighted by Gasteiger charge is -2.13. The molecule has 0 aliphatic carbocycles. The quantitative estimate of drug-likeness (QED) is 0.683. The number of rotatable bonds is 4. The lowest BCUT2D eigenvalue weighted by atomic mass is 10.1. The molecular formula is C19H15F3N2O. The number of nitrogens with zero attached hydrogens (tertiary/aromatic N) is 1. The highest BCUT2D eigenvalue weighted by Crippen LogP contribution is 2.34. The number of hydrogen-bond donors (Lipinski definition) is 1. The van der Waals surface area contributed by atoms with Crippen molar-refractivity contribution < 1.29 is 17.9 Å². The maximum Gasteiger partial charge on any atom is 0.433 e. The third-order valence-electron chi connectivity index (χ3n) is 3.61.